The van der Waals surface area contributed by atoms with E-state index >= 15 is 0 Å². The average molecular weight is 334 g/mol. The summed E-state index contributed by atoms with van der Waals surface area (Å²) in [5, 5.41) is 4.98. The lowest BCUT2D eigenvalue weighted by atomic mass is 9.91. The Morgan fingerprint density at radius 2 is 2.04 bits per heavy atom. The fourth-order valence-corrected chi connectivity index (χ4v) is 3.76. The molecule has 120 valence electrons. The van der Waals surface area contributed by atoms with Gasteiger partial charge in [0.15, 0.2) is 0 Å². The molecule has 0 bridgehead atoms. The number of aromatic nitrogens is 1. The van der Waals surface area contributed by atoms with Gasteiger partial charge >= 0.3 is 0 Å². The van der Waals surface area contributed by atoms with Crippen LogP contribution in [-0.2, 0) is 12.8 Å². The summed E-state index contributed by atoms with van der Waals surface area (Å²) in [6, 6.07) is 12.8. The third-order valence-electron chi connectivity index (χ3n) is 4.56. The van der Waals surface area contributed by atoms with Gasteiger partial charge in [0.1, 0.15) is 0 Å². The lowest BCUT2D eigenvalue weighted by molar-refractivity contribution is 0.0946. The molecule has 24 heavy (non-hydrogen) atoms. The zero-order valence-corrected chi connectivity index (χ0v) is 14.3. The van der Waals surface area contributed by atoms with E-state index in [1.165, 1.54) is 22.3 Å². The molecular formula is C20H18N2OS. The lowest BCUT2D eigenvalue weighted by Gasteiger charge is -2.19. The standard InChI is InChI=1S/C20H18N2OS/c1-13-8-16-6-7-21-20(23)18(16)10-17(13)9-14-2-4-15(5-3-14)19-11-24-12-22-19/h2-5,8,10-12H,6-7,9H2,1H3,(H,21,23). The molecule has 4 rings (SSSR count). The van der Waals surface area contributed by atoms with Crippen molar-refractivity contribution in [2.24, 2.45) is 0 Å². The maximum Gasteiger partial charge on any atom is 0.251 e. The predicted octanol–water partition coefficient (Wildman–Crippen LogP) is 4.00. The molecule has 3 nitrogen and oxygen atoms in total. The van der Waals surface area contributed by atoms with Crippen LogP contribution in [0.3, 0.4) is 0 Å². The number of hydrogen-bond acceptors (Lipinski definition) is 3. The highest BCUT2D eigenvalue weighted by atomic mass is 32.1. The van der Waals surface area contributed by atoms with Gasteiger partial charge in [-0.15, -0.1) is 11.3 Å². The molecule has 1 aromatic heterocycles. The molecule has 4 heteroatoms. The second kappa shape index (κ2) is 6.21. The van der Waals surface area contributed by atoms with Crippen LogP contribution in [0.5, 0.6) is 0 Å². The largest absolute Gasteiger partial charge is 0.352 e. The van der Waals surface area contributed by atoms with E-state index < -0.39 is 0 Å². The van der Waals surface area contributed by atoms with Crippen LogP contribution in [0.1, 0.15) is 32.6 Å². The van der Waals surface area contributed by atoms with Gasteiger partial charge in [-0.2, -0.15) is 0 Å². The number of rotatable bonds is 3. The van der Waals surface area contributed by atoms with E-state index in [1.807, 2.05) is 5.51 Å². The third kappa shape index (κ3) is 2.85. The molecule has 1 aliphatic heterocycles. The van der Waals surface area contributed by atoms with Crippen LogP contribution in [0.15, 0.2) is 47.3 Å². The van der Waals surface area contributed by atoms with Crippen molar-refractivity contribution in [2.75, 3.05) is 6.54 Å². The molecule has 2 aromatic carbocycles. The number of amides is 1. The Hall–Kier alpha value is -2.46. The highest BCUT2D eigenvalue weighted by Gasteiger charge is 2.18. The highest BCUT2D eigenvalue weighted by molar-refractivity contribution is 7.07. The van der Waals surface area contributed by atoms with Crippen LogP contribution in [0.25, 0.3) is 11.3 Å². The SMILES string of the molecule is Cc1cc2c(cc1Cc1ccc(-c3cscn3)cc1)C(=O)NCC2. The number of carbonyl (C=O) groups excluding carboxylic acids is 1. The van der Waals surface area contributed by atoms with Crippen LogP contribution in [-0.4, -0.2) is 17.4 Å². The van der Waals surface area contributed by atoms with E-state index in [-0.39, 0.29) is 5.91 Å². The van der Waals surface area contributed by atoms with E-state index in [0.29, 0.717) is 0 Å². The summed E-state index contributed by atoms with van der Waals surface area (Å²) < 4.78 is 0. The van der Waals surface area contributed by atoms with Gasteiger partial charge in [0.25, 0.3) is 5.91 Å². The Kier molecular flexibility index (Phi) is 3.90. The summed E-state index contributed by atoms with van der Waals surface area (Å²) in [5.41, 5.74) is 9.73. The average Bonchev–Trinajstić information content (AvgIpc) is 3.12. The van der Waals surface area contributed by atoms with Crippen LogP contribution < -0.4 is 5.32 Å². The number of benzene rings is 2. The minimum Gasteiger partial charge on any atom is -0.352 e. The molecule has 1 aliphatic rings. The predicted molar refractivity (Wildman–Crippen MR) is 97.6 cm³/mol. The number of fused-ring (bicyclic) bond motifs is 1. The normalized spacial score (nSPS) is 13.5. The van der Waals surface area contributed by atoms with Gasteiger partial charge in [0.05, 0.1) is 11.2 Å². The van der Waals surface area contributed by atoms with Gasteiger partial charge in [-0.3, -0.25) is 4.79 Å². The van der Waals surface area contributed by atoms with Crippen molar-refractivity contribution >= 4 is 17.2 Å². The number of aryl methyl sites for hydroxylation is 1. The maximum atomic E-state index is 12.1. The van der Waals surface area contributed by atoms with Crippen molar-refractivity contribution in [3.63, 3.8) is 0 Å². The van der Waals surface area contributed by atoms with E-state index in [9.17, 15) is 4.79 Å². The van der Waals surface area contributed by atoms with Crippen molar-refractivity contribution in [3.05, 3.63) is 75.1 Å². The number of carbonyl (C=O) groups is 1. The first-order chi connectivity index (χ1) is 11.7. The van der Waals surface area contributed by atoms with Crippen LogP contribution in [0, 0.1) is 6.92 Å². The summed E-state index contributed by atoms with van der Waals surface area (Å²) >= 11 is 1.61. The zero-order valence-electron chi connectivity index (χ0n) is 13.5. The molecule has 1 amide bonds. The van der Waals surface area contributed by atoms with E-state index in [1.54, 1.807) is 11.3 Å². The summed E-state index contributed by atoms with van der Waals surface area (Å²) in [5.74, 6) is 0.0522. The van der Waals surface area contributed by atoms with Gasteiger partial charge in [-0.05, 0) is 48.1 Å². The summed E-state index contributed by atoms with van der Waals surface area (Å²) in [6.07, 6.45) is 1.76. The molecule has 2 heterocycles. The first kappa shape index (κ1) is 15.1. The monoisotopic (exact) mass is 334 g/mol. The molecule has 0 saturated carbocycles. The molecular weight excluding hydrogens is 316 g/mol. The van der Waals surface area contributed by atoms with Crippen molar-refractivity contribution in [1.82, 2.24) is 10.3 Å². The molecule has 0 unspecified atom stereocenters. The molecule has 1 N–H and O–H groups in total. The molecule has 0 aliphatic carbocycles. The van der Waals surface area contributed by atoms with Crippen LogP contribution >= 0.6 is 11.3 Å². The topological polar surface area (TPSA) is 42.0 Å². The van der Waals surface area contributed by atoms with Gasteiger partial charge < -0.3 is 5.32 Å². The molecule has 0 fully saturated rings. The molecule has 0 saturated heterocycles. The zero-order chi connectivity index (χ0) is 16.5. The Balaban J connectivity index is 1.61. The fourth-order valence-electron chi connectivity index (χ4n) is 3.20. The number of nitrogens with zero attached hydrogens (tertiary/aromatic N) is 1. The Labute approximate surface area is 145 Å². The van der Waals surface area contributed by atoms with Gasteiger partial charge in [0.2, 0.25) is 0 Å². The summed E-state index contributed by atoms with van der Waals surface area (Å²) in [6.45, 7) is 2.87. The number of nitrogens with one attached hydrogen (secondary N) is 1. The van der Waals surface area contributed by atoms with Crippen molar-refractivity contribution in [3.8, 4) is 11.3 Å². The van der Waals surface area contributed by atoms with Crippen molar-refractivity contribution < 1.29 is 4.79 Å². The van der Waals surface area contributed by atoms with E-state index in [0.717, 1.165) is 36.2 Å². The number of hydrogen-bond donors (Lipinski definition) is 1. The quantitative estimate of drug-likeness (QED) is 0.787. The van der Waals surface area contributed by atoms with Gasteiger partial charge in [-0.25, -0.2) is 4.98 Å². The Morgan fingerprint density at radius 1 is 1.21 bits per heavy atom. The summed E-state index contributed by atoms with van der Waals surface area (Å²) in [7, 11) is 0. The van der Waals surface area contributed by atoms with Crippen LogP contribution in [0.2, 0.25) is 0 Å². The highest BCUT2D eigenvalue weighted by Crippen LogP contribution is 2.24. The maximum absolute atomic E-state index is 12.1. The first-order valence-corrected chi connectivity index (χ1v) is 9.03. The third-order valence-corrected chi connectivity index (χ3v) is 5.15. The summed E-state index contributed by atoms with van der Waals surface area (Å²) in [4.78, 5) is 16.4. The second-order valence-corrected chi connectivity index (χ2v) is 6.91. The van der Waals surface area contributed by atoms with Crippen molar-refractivity contribution in [1.29, 1.82) is 0 Å². The number of thiazole rings is 1. The lowest BCUT2D eigenvalue weighted by Crippen LogP contribution is -2.32. The smallest absolute Gasteiger partial charge is 0.251 e. The van der Waals surface area contributed by atoms with E-state index in [2.05, 4.69) is 59.0 Å². The van der Waals surface area contributed by atoms with E-state index in [4.69, 9.17) is 0 Å². The van der Waals surface area contributed by atoms with Crippen molar-refractivity contribution in [2.45, 2.75) is 19.8 Å². The first-order valence-electron chi connectivity index (χ1n) is 8.09. The Morgan fingerprint density at radius 3 is 2.79 bits per heavy atom. The van der Waals surface area contributed by atoms with Gasteiger partial charge in [0, 0.05) is 23.1 Å². The molecule has 0 spiro atoms. The van der Waals surface area contributed by atoms with Gasteiger partial charge in [-0.1, -0.05) is 30.3 Å². The fraction of sp³-hybridized carbons (Fsp3) is 0.200. The molecule has 0 atom stereocenters. The molecule has 0 radical (unpaired) electrons. The molecule has 3 aromatic rings. The minimum atomic E-state index is 0.0522. The second-order valence-electron chi connectivity index (χ2n) is 6.19. The van der Waals surface area contributed by atoms with Crippen LogP contribution in [0.4, 0.5) is 0 Å². The Bertz CT molecular complexity index is 883. The minimum absolute atomic E-state index is 0.0522.